The molecule has 1 saturated carbocycles. The van der Waals surface area contributed by atoms with E-state index in [-0.39, 0.29) is 23.4 Å². The van der Waals surface area contributed by atoms with Crippen LogP contribution >= 0.6 is 0 Å². The van der Waals surface area contributed by atoms with Crippen molar-refractivity contribution in [1.82, 2.24) is 24.9 Å². The summed E-state index contributed by atoms with van der Waals surface area (Å²) in [7, 11) is 1.66. The topological polar surface area (TPSA) is 62.6 Å². The van der Waals surface area contributed by atoms with Gasteiger partial charge < -0.3 is 15.0 Å². The largest absolute Gasteiger partial charge is 0.494 e. The number of ether oxygens (including phenoxy) is 1. The molecule has 0 unspecified atom stereocenters. The maximum atomic E-state index is 14.4. The molecule has 2 amide bonds. The van der Waals surface area contributed by atoms with Crippen molar-refractivity contribution in [1.29, 1.82) is 0 Å². The number of para-hydroxylation sites is 2. The predicted octanol–water partition coefficient (Wildman–Crippen LogP) is 5.05. The zero-order valence-electron chi connectivity index (χ0n) is 22.1. The fourth-order valence-corrected chi connectivity index (χ4v) is 4.98. The molecule has 1 fully saturated rings. The van der Waals surface area contributed by atoms with Crippen LogP contribution < -0.4 is 10.1 Å². The van der Waals surface area contributed by atoms with Crippen LogP contribution in [0.1, 0.15) is 56.1 Å². The van der Waals surface area contributed by atoms with E-state index in [0.29, 0.717) is 25.2 Å². The summed E-state index contributed by atoms with van der Waals surface area (Å²) in [5.41, 5.74) is 4.37. The summed E-state index contributed by atoms with van der Waals surface area (Å²) in [6.45, 7) is 8.39. The summed E-state index contributed by atoms with van der Waals surface area (Å²) in [5, 5.41) is 8.20. The van der Waals surface area contributed by atoms with E-state index >= 15 is 0 Å². The molecular formula is C29H36FN5O2. The van der Waals surface area contributed by atoms with Crippen LogP contribution in [0.15, 0.2) is 48.5 Å². The van der Waals surface area contributed by atoms with Gasteiger partial charge in [-0.3, -0.25) is 4.90 Å². The molecule has 0 spiro atoms. The van der Waals surface area contributed by atoms with Crippen molar-refractivity contribution in [2.75, 3.05) is 13.7 Å². The molecule has 2 heterocycles. The number of aromatic nitrogens is 2. The zero-order valence-corrected chi connectivity index (χ0v) is 22.1. The van der Waals surface area contributed by atoms with Gasteiger partial charge in [0.15, 0.2) is 0 Å². The lowest BCUT2D eigenvalue weighted by Crippen LogP contribution is -2.49. The van der Waals surface area contributed by atoms with Gasteiger partial charge in [0.25, 0.3) is 0 Å². The normalized spacial score (nSPS) is 15.8. The van der Waals surface area contributed by atoms with Gasteiger partial charge in [-0.1, -0.05) is 30.3 Å². The van der Waals surface area contributed by atoms with Gasteiger partial charge in [0.1, 0.15) is 17.3 Å². The molecule has 5 rings (SSSR count). The third kappa shape index (κ3) is 5.64. The van der Waals surface area contributed by atoms with Crippen LogP contribution in [-0.2, 0) is 26.1 Å². The number of halogens is 1. The summed E-state index contributed by atoms with van der Waals surface area (Å²) >= 11 is 0. The van der Waals surface area contributed by atoms with Crippen molar-refractivity contribution in [3.05, 3.63) is 76.9 Å². The van der Waals surface area contributed by atoms with E-state index in [1.54, 1.807) is 13.2 Å². The number of urea groups is 1. The van der Waals surface area contributed by atoms with Crippen molar-refractivity contribution in [2.45, 2.75) is 71.2 Å². The first kappa shape index (κ1) is 25.3. The highest BCUT2D eigenvalue weighted by molar-refractivity contribution is 5.75. The molecule has 0 saturated heterocycles. The van der Waals surface area contributed by atoms with Gasteiger partial charge in [-0.2, -0.15) is 5.10 Å². The van der Waals surface area contributed by atoms with E-state index in [1.165, 1.54) is 6.07 Å². The molecule has 7 nitrogen and oxygen atoms in total. The summed E-state index contributed by atoms with van der Waals surface area (Å²) in [6, 6.07) is 15.0. The highest BCUT2D eigenvalue weighted by Crippen LogP contribution is 2.33. The Morgan fingerprint density at radius 1 is 1.16 bits per heavy atom. The van der Waals surface area contributed by atoms with Crippen molar-refractivity contribution in [3.63, 3.8) is 0 Å². The zero-order chi connectivity index (χ0) is 26.2. The van der Waals surface area contributed by atoms with Crippen molar-refractivity contribution >= 4 is 6.03 Å². The Morgan fingerprint density at radius 3 is 2.59 bits per heavy atom. The lowest BCUT2D eigenvalue weighted by molar-refractivity contribution is 0.181. The van der Waals surface area contributed by atoms with Crippen molar-refractivity contribution in [3.8, 4) is 11.4 Å². The second-order valence-electron chi connectivity index (χ2n) is 11.0. The first-order valence-electron chi connectivity index (χ1n) is 13.0. The number of fused-ring (bicyclic) bond motifs is 1. The number of benzene rings is 2. The van der Waals surface area contributed by atoms with Gasteiger partial charge in [0.2, 0.25) is 0 Å². The predicted molar refractivity (Wildman–Crippen MR) is 141 cm³/mol. The molecule has 1 aliphatic carbocycles. The average molecular weight is 506 g/mol. The second kappa shape index (κ2) is 10.2. The molecule has 2 aromatic carbocycles. The molecule has 0 atom stereocenters. The lowest BCUT2D eigenvalue weighted by atomic mass is 10.0. The first-order valence-corrected chi connectivity index (χ1v) is 13.0. The molecule has 1 aromatic heterocycles. The van der Waals surface area contributed by atoms with Gasteiger partial charge in [0, 0.05) is 48.8 Å². The average Bonchev–Trinajstić information content (AvgIpc) is 3.64. The van der Waals surface area contributed by atoms with Gasteiger partial charge in [0.05, 0.1) is 25.0 Å². The SMILES string of the molecule is COc1ccccc1-n1nc(CN(C(=O)NC(C)(C)C)C2CC2)c2c1CCN(Cc1ccccc1F)C2. The van der Waals surface area contributed by atoms with Gasteiger partial charge >= 0.3 is 6.03 Å². The van der Waals surface area contributed by atoms with E-state index in [2.05, 4.69) is 10.2 Å². The van der Waals surface area contributed by atoms with Crippen LogP contribution in [0.25, 0.3) is 5.69 Å². The molecule has 1 aliphatic heterocycles. The fraction of sp³-hybridized carbons (Fsp3) is 0.448. The molecule has 3 aromatic rings. The minimum absolute atomic E-state index is 0.0605. The van der Waals surface area contributed by atoms with Crippen LogP contribution in [-0.4, -0.2) is 50.8 Å². The van der Waals surface area contributed by atoms with Crippen LogP contribution in [0.2, 0.25) is 0 Å². The highest BCUT2D eigenvalue weighted by atomic mass is 19.1. The number of hydrogen-bond acceptors (Lipinski definition) is 4. The van der Waals surface area contributed by atoms with E-state index in [4.69, 9.17) is 9.84 Å². The first-order chi connectivity index (χ1) is 17.7. The molecule has 0 radical (unpaired) electrons. The number of nitrogens with zero attached hydrogens (tertiary/aromatic N) is 4. The maximum Gasteiger partial charge on any atom is 0.318 e. The molecule has 1 N–H and O–H groups in total. The molecule has 37 heavy (non-hydrogen) atoms. The number of carbonyl (C=O) groups is 1. The number of carbonyl (C=O) groups excluding carboxylic acids is 1. The number of rotatable bonds is 7. The van der Waals surface area contributed by atoms with Crippen LogP contribution in [0, 0.1) is 5.82 Å². The van der Waals surface area contributed by atoms with E-state index < -0.39 is 0 Å². The fourth-order valence-electron chi connectivity index (χ4n) is 4.98. The van der Waals surface area contributed by atoms with E-state index in [1.807, 2.05) is 66.8 Å². The van der Waals surface area contributed by atoms with Gasteiger partial charge in [-0.05, 0) is 51.8 Å². The summed E-state index contributed by atoms with van der Waals surface area (Å²) in [6.07, 6.45) is 2.78. The number of amides is 2. The summed E-state index contributed by atoms with van der Waals surface area (Å²) in [5.74, 6) is 0.564. The Balaban J connectivity index is 1.50. The Kier molecular flexibility index (Phi) is 6.94. The van der Waals surface area contributed by atoms with Gasteiger partial charge in [-0.25, -0.2) is 13.9 Å². The Hall–Kier alpha value is -3.39. The quantitative estimate of drug-likeness (QED) is 0.488. The Bertz CT molecular complexity index is 1280. The molecule has 2 aliphatic rings. The van der Waals surface area contributed by atoms with Gasteiger partial charge in [-0.15, -0.1) is 0 Å². The smallest absolute Gasteiger partial charge is 0.318 e. The summed E-state index contributed by atoms with van der Waals surface area (Å²) < 4.78 is 22.0. The third-order valence-corrected chi connectivity index (χ3v) is 6.94. The summed E-state index contributed by atoms with van der Waals surface area (Å²) in [4.78, 5) is 17.4. The van der Waals surface area contributed by atoms with Crippen LogP contribution in [0.4, 0.5) is 9.18 Å². The van der Waals surface area contributed by atoms with Crippen LogP contribution in [0.5, 0.6) is 5.75 Å². The molecule has 8 heteroatoms. The number of hydrogen-bond donors (Lipinski definition) is 1. The van der Waals surface area contributed by atoms with E-state index in [0.717, 1.165) is 54.2 Å². The monoisotopic (exact) mass is 505 g/mol. The Morgan fingerprint density at radius 2 is 1.89 bits per heavy atom. The molecule has 0 bridgehead atoms. The number of nitrogens with one attached hydrogen (secondary N) is 1. The maximum absolute atomic E-state index is 14.4. The van der Waals surface area contributed by atoms with E-state index in [9.17, 15) is 9.18 Å². The molecular weight excluding hydrogens is 469 g/mol. The minimum atomic E-state index is -0.322. The molecule has 196 valence electrons. The minimum Gasteiger partial charge on any atom is -0.494 e. The van der Waals surface area contributed by atoms with Crippen molar-refractivity contribution in [2.24, 2.45) is 0 Å². The van der Waals surface area contributed by atoms with Crippen molar-refractivity contribution < 1.29 is 13.9 Å². The lowest BCUT2D eigenvalue weighted by Gasteiger charge is -2.30. The standard InChI is InChI=1S/C29H36FN5O2/c1-29(2,3)31-28(36)34(21-13-14-21)19-24-22-18-33(17-20-9-5-6-10-23(20)30)16-15-25(22)35(32-24)26-11-7-8-12-27(26)37-4/h5-12,21H,13-19H2,1-4H3,(H,31,36). The number of methoxy groups -OCH3 is 1. The highest BCUT2D eigenvalue weighted by Gasteiger charge is 2.36. The second-order valence-corrected chi connectivity index (χ2v) is 11.0. The Labute approximate surface area is 218 Å². The third-order valence-electron chi connectivity index (χ3n) is 6.94. The van der Waals surface area contributed by atoms with Crippen LogP contribution in [0.3, 0.4) is 0 Å².